The van der Waals surface area contributed by atoms with E-state index in [1.807, 2.05) is 0 Å². The molecule has 2 amide bonds. The van der Waals surface area contributed by atoms with Gasteiger partial charge < -0.3 is 0 Å². The van der Waals surface area contributed by atoms with Gasteiger partial charge in [0.1, 0.15) is 0 Å². The molecule has 0 saturated heterocycles. The maximum Gasteiger partial charge on any atom is 0.361 e. The Labute approximate surface area is 118 Å². The summed E-state index contributed by atoms with van der Waals surface area (Å²) in [5.41, 5.74) is 0. The lowest BCUT2D eigenvalue weighted by Gasteiger charge is -2.10. The second-order valence-corrected chi connectivity index (χ2v) is 6.27. The molecule has 120 valence electrons. The molecule has 0 atom stereocenters. The van der Waals surface area contributed by atoms with Crippen LogP contribution in [0.1, 0.15) is 26.7 Å². The number of carbonyl (C=O) groups is 2. The largest absolute Gasteiger partial charge is 0.361 e. The number of hydrogen-bond donors (Lipinski definition) is 2. The molecule has 12 heteroatoms. The third-order valence-electron chi connectivity index (χ3n) is 2.00. The summed E-state index contributed by atoms with van der Waals surface area (Å²) in [6.45, 7) is 3.01. The topological polar surface area (TPSA) is 149 Å². The molecule has 0 aromatic rings. The van der Waals surface area contributed by atoms with Gasteiger partial charge in [0, 0.05) is 26.9 Å². The number of amides is 2. The lowest BCUT2D eigenvalue weighted by atomic mass is 10.5. The molecular formula is C8H18N2O8S2. The molecular weight excluding hydrogens is 316 g/mol. The molecule has 10 nitrogen and oxygen atoms in total. The van der Waals surface area contributed by atoms with E-state index >= 15 is 0 Å². The molecule has 0 aliphatic carbocycles. The SMILES string of the molecule is CCC(=O)N(C)S(=O)(=O)O.CCC(=O)N(C)S(=O)(=O)O. The van der Waals surface area contributed by atoms with Gasteiger partial charge >= 0.3 is 20.6 Å². The summed E-state index contributed by atoms with van der Waals surface area (Å²) in [5, 5.41) is 0. The van der Waals surface area contributed by atoms with E-state index in [0.717, 1.165) is 14.1 Å². The van der Waals surface area contributed by atoms with Gasteiger partial charge in [-0.25, -0.2) is 8.61 Å². The van der Waals surface area contributed by atoms with Gasteiger partial charge in [0.2, 0.25) is 11.8 Å². The molecule has 0 aliphatic rings. The first-order valence-corrected chi connectivity index (χ1v) is 8.06. The van der Waals surface area contributed by atoms with Crippen molar-refractivity contribution < 1.29 is 35.5 Å². The highest BCUT2D eigenvalue weighted by molar-refractivity contribution is 7.84. The van der Waals surface area contributed by atoms with E-state index in [4.69, 9.17) is 9.11 Å². The van der Waals surface area contributed by atoms with Gasteiger partial charge in [-0.3, -0.25) is 18.7 Å². The zero-order chi connectivity index (χ0) is 16.7. The van der Waals surface area contributed by atoms with Crippen LogP contribution in [0.5, 0.6) is 0 Å². The smallest absolute Gasteiger partial charge is 0.274 e. The average molecular weight is 334 g/mol. The minimum atomic E-state index is -4.33. The Kier molecular flexibility index (Phi) is 8.57. The van der Waals surface area contributed by atoms with Crippen LogP contribution in [0.2, 0.25) is 0 Å². The fraction of sp³-hybridized carbons (Fsp3) is 0.750. The Hall–Kier alpha value is -1.24. The number of rotatable bonds is 4. The van der Waals surface area contributed by atoms with Gasteiger partial charge in [-0.2, -0.15) is 16.8 Å². The second kappa shape index (κ2) is 8.14. The van der Waals surface area contributed by atoms with Crippen LogP contribution in [0.15, 0.2) is 0 Å². The molecule has 0 unspecified atom stereocenters. The molecule has 0 aromatic heterocycles. The molecule has 20 heavy (non-hydrogen) atoms. The van der Waals surface area contributed by atoms with Gasteiger partial charge in [0.25, 0.3) is 0 Å². The fourth-order valence-electron chi connectivity index (χ4n) is 0.703. The van der Waals surface area contributed by atoms with Gasteiger partial charge in [-0.15, -0.1) is 0 Å². The van der Waals surface area contributed by atoms with E-state index in [1.54, 1.807) is 0 Å². The molecule has 0 spiro atoms. The van der Waals surface area contributed by atoms with Crippen LogP contribution >= 0.6 is 0 Å². The van der Waals surface area contributed by atoms with E-state index in [1.165, 1.54) is 13.8 Å². The van der Waals surface area contributed by atoms with Crippen LogP contribution in [0.4, 0.5) is 0 Å². The number of nitrogens with zero attached hydrogens (tertiary/aromatic N) is 2. The zero-order valence-electron chi connectivity index (χ0n) is 11.5. The average Bonchev–Trinajstić information content (AvgIpc) is 2.33. The third-order valence-corrected chi connectivity index (χ3v) is 3.79. The minimum absolute atomic E-state index is 0.0519. The minimum Gasteiger partial charge on any atom is -0.274 e. The maximum atomic E-state index is 10.5. The van der Waals surface area contributed by atoms with E-state index in [-0.39, 0.29) is 12.8 Å². The Balaban J connectivity index is 0. The zero-order valence-corrected chi connectivity index (χ0v) is 13.1. The van der Waals surface area contributed by atoms with Crippen molar-refractivity contribution >= 4 is 32.4 Å². The summed E-state index contributed by atoms with van der Waals surface area (Å²) in [5.74, 6) is -1.27. The van der Waals surface area contributed by atoms with E-state index in [9.17, 15) is 26.4 Å². The standard InChI is InChI=1S/2C4H9NO4S/c2*1-3-4(6)5(2)10(7,8)9/h2*3H2,1-2H3,(H,7,8,9). The van der Waals surface area contributed by atoms with Crippen molar-refractivity contribution in [2.45, 2.75) is 26.7 Å². The van der Waals surface area contributed by atoms with Crippen LogP contribution in [-0.2, 0) is 30.2 Å². The maximum absolute atomic E-state index is 10.5. The summed E-state index contributed by atoms with van der Waals surface area (Å²) in [6.07, 6.45) is 0.104. The molecule has 0 radical (unpaired) electrons. The van der Waals surface area contributed by atoms with Crippen LogP contribution in [0.25, 0.3) is 0 Å². The first kappa shape index (κ1) is 21.1. The molecule has 2 N–H and O–H groups in total. The molecule has 0 aliphatic heterocycles. The van der Waals surface area contributed by atoms with Gasteiger partial charge in [0.05, 0.1) is 0 Å². The van der Waals surface area contributed by atoms with Crippen molar-refractivity contribution in [2.75, 3.05) is 14.1 Å². The first-order chi connectivity index (χ1) is 8.78. The summed E-state index contributed by atoms with van der Waals surface area (Å²) in [7, 11) is -6.66. The predicted octanol–water partition coefficient (Wildman–Crippen LogP) is -0.685. The van der Waals surface area contributed by atoms with Gasteiger partial charge in [-0.05, 0) is 0 Å². The molecule has 0 heterocycles. The molecule has 0 rings (SSSR count). The van der Waals surface area contributed by atoms with Crippen LogP contribution in [0.3, 0.4) is 0 Å². The van der Waals surface area contributed by atoms with Crippen LogP contribution in [-0.4, -0.2) is 60.5 Å². The van der Waals surface area contributed by atoms with Crippen molar-refractivity contribution in [3.63, 3.8) is 0 Å². The Morgan fingerprint density at radius 2 is 1.00 bits per heavy atom. The van der Waals surface area contributed by atoms with Crippen LogP contribution < -0.4 is 0 Å². The van der Waals surface area contributed by atoms with Crippen molar-refractivity contribution in [2.24, 2.45) is 0 Å². The normalized spacial score (nSPS) is 11.1. The fourth-order valence-corrected chi connectivity index (χ4v) is 1.48. The molecule has 0 saturated carbocycles. The number of hydrogen-bond acceptors (Lipinski definition) is 6. The Morgan fingerprint density at radius 3 is 1.05 bits per heavy atom. The van der Waals surface area contributed by atoms with E-state index in [0.29, 0.717) is 8.61 Å². The summed E-state index contributed by atoms with van der Waals surface area (Å²) >= 11 is 0. The van der Waals surface area contributed by atoms with E-state index in [2.05, 4.69) is 0 Å². The summed E-state index contributed by atoms with van der Waals surface area (Å²) in [4.78, 5) is 21.1. The monoisotopic (exact) mass is 334 g/mol. The third kappa shape index (κ3) is 8.04. The summed E-state index contributed by atoms with van der Waals surface area (Å²) < 4.78 is 57.9. The molecule has 0 bridgehead atoms. The highest BCUT2D eigenvalue weighted by atomic mass is 32.2. The lowest BCUT2D eigenvalue weighted by Crippen LogP contribution is -2.31. The van der Waals surface area contributed by atoms with Crippen LogP contribution in [0, 0.1) is 0 Å². The quantitative estimate of drug-likeness (QED) is 0.642. The Bertz CT molecular complexity index is 489. The van der Waals surface area contributed by atoms with Crippen molar-refractivity contribution in [1.29, 1.82) is 0 Å². The second-order valence-electron chi connectivity index (χ2n) is 3.39. The molecule has 0 aromatic carbocycles. The van der Waals surface area contributed by atoms with Crippen molar-refractivity contribution in [1.82, 2.24) is 8.61 Å². The highest BCUT2D eigenvalue weighted by Gasteiger charge is 2.18. The highest BCUT2D eigenvalue weighted by Crippen LogP contribution is 1.96. The van der Waals surface area contributed by atoms with Crippen molar-refractivity contribution in [3.05, 3.63) is 0 Å². The summed E-state index contributed by atoms with van der Waals surface area (Å²) in [6, 6.07) is 0. The molecule has 0 fully saturated rings. The Morgan fingerprint density at radius 1 is 0.800 bits per heavy atom. The van der Waals surface area contributed by atoms with Gasteiger partial charge in [-0.1, -0.05) is 13.8 Å². The number of carbonyl (C=O) groups excluding carboxylic acids is 2. The predicted molar refractivity (Wildman–Crippen MR) is 69.2 cm³/mol. The first-order valence-electron chi connectivity index (χ1n) is 5.27. The lowest BCUT2D eigenvalue weighted by molar-refractivity contribution is -0.126. The van der Waals surface area contributed by atoms with E-state index < -0.39 is 32.4 Å². The van der Waals surface area contributed by atoms with Gasteiger partial charge in [0.15, 0.2) is 0 Å². The van der Waals surface area contributed by atoms with Crippen molar-refractivity contribution in [3.8, 4) is 0 Å².